The number of halogens is 1. The first-order valence-electron chi connectivity index (χ1n) is 5.52. The quantitative estimate of drug-likeness (QED) is 0.877. The molecular formula is C13H13FN2O2S. The van der Waals surface area contributed by atoms with E-state index in [9.17, 15) is 12.8 Å². The van der Waals surface area contributed by atoms with E-state index in [1.54, 1.807) is 18.2 Å². The summed E-state index contributed by atoms with van der Waals surface area (Å²) in [6.45, 7) is 0. The van der Waals surface area contributed by atoms with Gasteiger partial charge in [-0.15, -0.1) is 0 Å². The Kier molecular flexibility index (Phi) is 3.44. The van der Waals surface area contributed by atoms with Crippen LogP contribution in [0, 0.1) is 5.82 Å². The zero-order chi connectivity index (χ0) is 14.0. The Hall–Kier alpha value is -2.08. The normalized spacial score (nSPS) is 11.3. The van der Waals surface area contributed by atoms with E-state index in [2.05, 4.69) is 0 Å². The lowest BCUT2D eigenvalue weighted by Crippen LogP contribution is -2.28. The first-order valence-corrected chi connectivity index (χ1v) is 6.96. The molecule has 0 aromatic heterocycles. The van der Waals surface area contributed by atoms with Crippen LogP contribution in [0.3, 0.4) is 0 Å². The van der Waals surface area contributed by atoms with Gasteiger partial charge in [-0.05, 0) is 24.3 Å². The van der Waals surface area contributed by atoms with Gasteiger partial charge < -0.3 is 5.73 Å². The van der Waals surface area contributed by atoms with E-state index in [0.29, 0.717) is 0 Å². The maximum absolute atomic E-state index is 13.6. The molecule has 0 amide bonds. The van der Waals surface area contributed by atoms with Gasteiger partial charge in [0.2, 0.25) is 0 Å². The third-order valence-electron chi connectivity index (χ3n) is 2.75. The standard InChI is InChI=1S/C13H13FN2O2S/c1-16(12-8-4-2-6-10(12)14)19(17,18)13-9-5-3-7-11(13)15/h2-9H,15H2,1H3. The maximum Gasteiger partial charge on any atom is 0.266 e. The van der Waals surface area contributed by atoms with Crippen molar-refractivity contribution in [3.05, 3.63) is 54.3 Å². The SMILES string of the molecule is CN(c1ccccc1F)S(=O)(=O)c1ccccc1N. The second kappa shape index (κ2) is 4.89. The minimum atomic E-state index is -3.88. The number of anilines is 2. The zero-order valence-electron chi connectivity index (χ0n) is 10.2. The summed E-state index contributed by atoms with van der Waals surface area (Å²) in [6.07, 6.45) is 0. The van der Waals surface area contributed by atoms with E-state index in [1.807, 2.05) is 0 Å². The summed E-state index contributed by atoms with van der Waals surface area (Å²) >= 11 is 0. The lowest BCUT2D eigenvalue weighted by molar-refractivity contribution is 0.590. The van der Waals surface area contributed by atoms with Crippen molar-refractivity contribution >= 4 is 21.4 Å². The number of benzene rings is 2. The molecule has 2 N–H and O–H groups in total. The Morgan fingerprint density at radius 1 is 1.05 bits per heavy atom. The Morgan fingerprint density at radius 3 is 2.26 bits per heavy atom. The van der Waals surface area contributed by atoms with Crippen molar-refractivity contribution in [3.63, 3.8) is 0 Å². The Balaban J connectivity index is 2.52. The van der Waals surface area contributed by atoms with E-state index in [1.165, 1.54) is 37.4 Å². The average molecular weight is 280 g/mol. The molecule has 0 atom stereocenters. The Labute approximate surface area is 111 Å². The van der Waals surface area contributed by atoms with Crippen molar-refractivity contribution in [2.24, 2.45) is 0 Å². The molecule has 0 aliphatic rings. The van der Waals surface area contributed by atoms with E-state index < -0.39 is 15.8 Å². The third-order valence-corrected chi connectivity index (χ3v) is 4.59. The van der Waals surface area contributed by atoms with Crippen LogP contribution in [0.1, 0.15) is 0 Å². The van der Waals surface area contributed by atoms with Crippen LogP contribution in [0.2, 0.25) is 0 Å². The van der Waals surface area contributed by atoms with Gasteiger partial charge in [0.15, 0.2) is 0 Å². The molecule has 2 rings (SSSR count). The number of sulfonamides is 1. The van der Waals surface area contributed by atoms with Crippen LogP contribution in [-0.4, -0.2) is 15.5 Å². The molecule has 0 saturated heterocycles. The van der Waals surface area contributed by atoms with Gasteiger partial charge in [0.25, 0.3) is 10.0 Å². The molecule has 2 aromatic rings. The van der Waals surface area contributed by atoms with Crippen LogP contribution in [0.4, 0.5) is 15.8 Å². The number of para-hydroxylation sites is 2. The molecule has 0 unspecified atom stereocenters. The van der Waals surface area contributed by atoms with Crippen LogP contribution in [0.5, 0.6) is 0 Å². The largest absolute Gasteiger partial charge is 0.398 e. The van der Waals surface area contributed by atoms with Gasteiger partial charge in [-0.1, -0.05) is 24.3 Å². The second-order valence-electron chi connectivity index (χ2n) is 3.96. The fraction of sp³-hybridized carbons (Fsp3) is 0.0769. The number of rotatable bonds is 3. The van der Waals surface area contributed by atoms with Crippen LogP contribution in [0.15, 0.2) is 53.4 Å². The molecule has 0 radical (unpaired) electrons. The van der Waals surface area contributed by atoms with Gasteiger partial charge in [0, 0.05) is 7.05 Å². The first-order chi connectivity index (χ1) is 8.94. The van der Waals surface area contributed by atoms with Crippen molar-refractivity contribution in [3.8, 4) is 0 Å². The number of hydrogen-bond donors (Lipinski definition) is 1. The molecule has 2 aromatic carbocycles. The number of hydrogen-bond acceptors (Lipinski definition) is 3. The van der Waals surface area contributed by atoms with Gasteiger partial charge in [-0.2, -0.15) is 0 Å². The third kappa shape index (κ3) is 2.39. The molecule has 100 valence electrons. The molecule has 4 nitrogen and oxygen atoms in total. The summed E-state index contributed by atoms with van der Waals surface area (Å²) in [5, 5.41) is 0. The summed E-state index contributed by atoms with van der Waals surface area (Å²) in [7, 11) is -2.59. The maximum atomic E-state index is 13.6. The fourth-order valence-corrected chi connectivity index (χ4v) is 3.02. The molecule has 19 heavy (non-hydrogen) atoms. The molecule has 0 aliphatic heterocycles. The summed E-state index contributed by atoms with van der Waals surface area (Å²) in [5.41, 5.74) is 5.77. The molecular weight excluding hydrogens is 267 g/mol. The van der Waals surface area contributed by atoms with Gasteiger partial charge in [-0.3, -0.25) is 4.31 Å². The van der Waals surface area contributed by atoms with Crippen LogP contribution in [0.25, 0.3) is 0 Å². The summed E-state index contributed by atoms with van der Waals surface area (Å²) in [6, 6.07) is 11.7. The predicted molar refractivity (Wildman–Crippen MR) is 72.8 cm³/mol. The topological polar surface area (TPSA) is 63.4 Å². The molecule has 0 saturated carbocycles. The fourth-order valence-electron chi connectivity index (χ4n) is 1.70. The molecule has 0 heterocycles. The van der Waals surface area contributed by atoms with E-state index in [0.717, 1.165) is 4.31 Å². The highest BCUT2D eigenvalue weighted by Gasteiger charge is 2.24. The van der Waals surface area contributed by atoms with Crippen molar-refractivity contribution < 1.29 is 12.8 Å². The smallest absolute Gasteiger partial charge is 0.266 e. The van der Waals surface area contributed by atoms with Crippen LogP contribution < -0.4 is 10.0 Å². The van der Waals surface area contributed by atoms with Crippen molar-refractivity contribution in [2.45, 2.75) is 4.90 Å². The Morgan fingerprint density at radius 2 is 1.63 bits per heavy atom. The van der Waals surface area contributed by atoms with E-state index >= 15 is 0 Å². The molecule has 0 spiro atoms. The van der Waals surface area contributed by atoms with Gasteiger partial charge in [-0.25, -0.2) is 12.8 Å². The van der Waals surface area contributed by atoms with E-state index in [-0.39, 0.29) is 16.3 Å². The molecule has 0 bridgehead atoms. The van der Waals surface area contributed by atoms with Gasteiger partial charge in [0.05, 0.1) is 11.4 Å². The molecule has 0 aliphatic carbocycles. The minimum Gasteiger partial charge on any atom is -0.398 e. The first kappa shape index (κ1) is 13.4. The van der Waals surface area contributed by atoms with Crippen molar-refractivity contribution in [1.29, 1.82) is 0 Å². The summed E-state index contributed by atoms with van der Waals surface area (Å²) < 4.78 is 39.3. The van der Waals surface area contributed by atoms with Crippen molar-refractivity contribution in [2.75, 3.05) is 17.1 Å². The van der Waals surface area contributed by atoms with E-state index in [4.69, 9.17) is 5.73 Å². The number of nitrogens with two attached hydrogens (primary N) is 1. The van der Waals surface area contributed by atoms with Crippen LogP contribution >= 0.6 is 0 Å². The average Bonchev–Trinajstić information content (AvgIpc) is 2.39. The zero-order valence-corrected chi connectivity index (χ0v) is 11.1. The second-order valence-corrected chi connectivity index (χ2v) is 5.90. The lowest BCUT2D eigenvalue weighted by atomic mass is 10.3. The number of nitrogen functional groups attached to an aromatic ring is 1. The highest BCUT2D eigenvalue weighted by molar-refractivity contribution is 7.93. The summed E-state index contributed by atoms with van der Waals surface area (Å²) in [4.78, 5) is -0.0410. The minimum absolute atomic E-state index is 0.0225. The number of nitrogens with zero attached hydrogens (tertiary/aromatic N) is 1. The van der Waals surface area contributed by atoms with Crippen molar-refractivity contribution in [1.82, 2.24) is 0 Å². The highest BCUT2D eigenvalue weighted by atomic mass is 32.2. The lowest BCUT2D eigenvalue weighted by Gasteiger charge is -2.20. The predicted octanol–water partition coefficient (Wildman–Crippen LogP) is 2.23. The van der Waals surface area contributed by atoms with Crippen LogP contribution in [-0.2, 0) is 10.0 Å². The monoisotopic (exact) mass is 280 g/mol. The molecule has 6 heteroatoms. The summed E-state index contributed by atoms with van der Waals surface area (Å²) in [5.74, 6) is -0.608. The van der Waals surface area contributed by atoms with Gasteiger partial charge >= 0.3 is 0 Å². The highest BCUT2D eigenvalue weighted by Crippen LogP contribution is 2.27. The Bertz CT molecular complexity index is 701. The molecule has 0 fully saturated rings. The van der Waals surface area contributed by atoms with Gasteiger partial charge in [0.1, 0.15) is 10.7 Å².